The van der Waals surface area contributed by atoms with Crippen molar-refractivity contribution in [1.82, 2.24) is 4.90 Å². The van der Waals surface area contributed by atoms with Gasteiger partial charge in [-0.25, -0.2) is 0 Å². The summed E-state index contributed by atoms with van der Waals surface area (Å²) in [5.74, 6) is 0.0718. The molecule has 0 radical (unpaired) electrons. The minimum absolute atomic E-state index is 0.189. The van der Waals surface area contributed by atoms with Crippen LogP contribution in [-0.2, 0) is 14.3 Å². The van der Waals surface area contributed by atoms with E-state index in [1.165, 1.54) is 6.26 Å². The van der Waals surface area contributed by atoms with Crippen molar-refractivity contribution in [3.63, 3.8) is 0 Å². The first kappa shape index (κ1) is 19.8. The summed E-state index contributed by atoms with van der Waals surface area (Å²) in [6, 6.07) is 8.35. The smallest absolute Gasteiger partial charge is 0.309 e. The molecule has 9 nitrogen and oxygen atoms in total. The van der Waals surface area contributed by atoms with Crippen molar-refractivity contribution in [2.75, 3.05) is 38.2 Å². The number of hydrogen-bond acceptors (Lipinski definition) is 7. The van der Waals surface area contributed by atoms with Crippen LogP contribution in [0.2, 0.25) is 0 Å². The molecular formula is C21H22N2O7. The average Bonchev–Trinajstić information content (AvgIpc) is 3.32. The lowest BCUT2D eigenvalue weighted by Crippen LogP contribution is -2.40. The average molecular weight is 414 g/mol. The second-order valence-corrected chi connectivity index (χ2v) is 7.06. The van der Waals surface area contributed by atoms with Crippen molar-refractivity contribution in [3.05, 3.63) is 42.4 Å². The quantitative estimate of drug-likeness (QED) is 0.747. The Morgan fingerprint density at radius 1 is 1.07 bits per heavy atom. The van der Waals surface area contributed by atoms with Gasteiger partial charge in [-0.2, -0.15) is 0 Å². The van der Waals surface area contributed by atoms with Gasteiger partial charge in [0.2, 0.25) is 0 Å². The lowest BCUT2D eigenvalue weighted by molar-refractivity contribution is -0.152. The molecule has 1 aromatic carbocycles. The largest absolute Gasteiger partial charge is 0.486 e. The first-order valence-corrected chi connectivity index (χ1v) is 9.79. The van der Waals surface area contributed by atoms with Gasteiger partial charge in [0.05, 0.1) is 12.2 Å². The Balaban J connectivity index is 1.21. The number of carbonyl (C=O) groups is 3. The van der Waals surface area contributed by atoms with E-state index < -0.39 is 11.9 Å². The van der Waals surface area contributed by atoms with Crippen molar-refractivity contribution in [1.29, 1.82) is 0 Å². The Bertz CT molecular complexity index is 917. The minimum atomic E-state index is -0.439. The molecular weight excluding hydrogens is 392 g/mol. The highest BCUT2D eigenvalue weighted by atomic mass is 16.6. The van der Waals surface area contributed by atoms with Gasteiger partial charge in [0.25, 0.3) is 11.8 Å². The molecule has 2 aliphatic rings. The summed E-state index contributed by atoms with van der Waals surface area (Å²) in [5.41, 5.74) is 0.532. The zero-order valence-electron chi connectivity index (χ0n) is 16.3. The number of piperidine rings is 1. The Hall–Kier alpha value is -3.49. The number of nitrogens with one attached hydrogen (secondary N) is 1. The number of benzene rings is 1. The summed E-state index contributed by atoms with van der Waals surface area (Å²) < 4.78 is 21.2. The fourth-order valence-electron chi connectivity index (χ4n) is 3.45. The van der Waals surface area contributed by atoms with E-state index in [9.17, 15) is 14.4 Å². The third-order valence-corrected chi connectivity index (χ3v) is 5.02. The maximum atomic E-state index is 12.3. The second kappa shape index (κ2) is 8.89. The standard InChI is InChI=1S/C21H22N2O7/c24-19(22-15-3-4-16-18(12-15)29-11-10-28-16)13-30-21(26)14-5-7-23(8-6-14)20(25)17-2-1-9-27-17/h1-4,9,12,14H,5-8,10-11,13H2,(H,22,24). The molecule has 2 aliphatic heterocycles. The number of anilines is 1. The molecule has 9 heteroatoms. The molecule has 4 rings (SSSR count). The Morgan fingerprint density at radius 3 is 2.57 bits per heavy atom. The number of fused-ring (bicyclic) bond motifs is 1. The van der Waals surface area contributed by atoms with Crippen LogP contribution in [0.5, 0.6) is 11.5 Å². The number of ether oxygens (including phenoxy) is 3. The van der Waals surface area contributed by atoms with E-state index in [4.69, 9.17) is 18.6 Å². The van der Waals surface area contributed by atoms with Gasteiger partial charge in [-0.05, 0) is 37.1 Å². The molecule has 0 atom stereocenters. The summed E-state index contributed by atoms with van der Waals surface area (Å²) in [7, 11) is 0. The van der Waals surface area contributed by atoms with Gasteiger partial charge >= 0.3 is 5.97 Å². The van der Waals surface area contributed by atoms with Crippen LogP contribution < -0.4 is 14.8 Å². The predicted octanol–water partition coefficient (Wildman–Crippen LogP) is 2.08. The van der Waals surface area contributed by atoms with Gasteiger partial charge in [0.15, 0.2) is 23.9 Å². The Kier molecular flexibility index (Phi) is 5.87. The summed E-state index contributed by atoms with van der Waals surface area (Å²) >= 11 is 0. The fourth-order valence-corrected chi connectivity index (χ4v) is 3.45. The van der Waals surface area contributed by atoms with Crippen molar-refractivity contribution in [2.24, 2.45) is 5.92 Å². The highest BCUT2D eigenvalue weighted by Crippen LogP contribution is 2.32. The van der Waals surface area contributed by atoms with E-state index in [1.807, 2.05) is 0 Å². The lowest BCUT2D eigenvalue weighted by Gasteiger charge is -2.30. The van der Waals surface area contributed by atoms with Crippen LogP contribution in [0.3, 0.4) is 0 Å². The van der Waals surface area contributed by atoms with E-state index in [-0.39, 0.29) is 24.2 Å². The van der Waals surface area contributed by atoms with Crippen molar-refractivity contribution < 1.29 is 33.0 Å². The van der Waals surface area contributed by atoms with Gasteiger partial charge in [0.1, 0.15) is 13.2 Å². The molecule has 0 bridgehead atoms. The van der Waals surface area contributed by atoms with Crippen LogP contribution >= 0.6 is 0 Å². The monoisotopic (exact) mass is 414 g/mol. The number of esters is 1. The van der Waals surface area contributed by atoms with Gasteiger partial charge in [-0.1, -0.05) is 0 Å². The van der Waals surface area contributed by atoms with E-state index >= 15 is 0 Å². The molecule has 1 saturated heterocycles. The number of hydrogen-bond donors (Lipinski definition) is 1. The van der Waals surface area contributed by atoms with Crippen LogP contribution in [0.1, 0.15) is 23.4 Å². The van der Waals surface area contributed by atoms with Gasteiger partial charge < -0.3 is 28.8 Å². The molecule has 0 aliphatic carbocycles. The molecule has 30 heavy (non-hydrogen) atoms. The number of amides is 2. The normalized spacial score (nSPS) is 16.1. The zero-order chi connectivity index (χ0) is 20.9. The van der Waals surface area contributed by atoms with Gasteiger partial charge in [0, 0.05) is 24.8 Å². The van der Waals surface area contributed by atoms with E-state index in [1.54, 1.807) is 35.2 Å². The Labute approximate surface area is 172 Å². The topological polar surface area (TPSA) is 107 Å². The summed E-state index contributed by atoms with van der Waals surface area (Å²) in [5, 5.41) is 2.67. The van der Waals surface area contributed by atoms with Crippen molar-refractivity contribution >= 4 is 23.5 Å². The number of rotatable bonds is 5. The zero-order valence-corrected chi connectivity index (χ0v) is 16.3. The van der Waals surface area contributed by atoms with Crippen LogP contribution in [0.15, 0.2) is 41.0 Å². The van der Waals surface area contributed by atoms with Crippen molar-refractivity contribution in [2.45, 2.75) is 12.8 Å². The molecule has 2 aromatic rings. The van der Waals surface area contributed by atoms with E-state index in [0.717, 1.165) is 0 Å². The van der Waals surface area contributed by atoms with E-state index in [0.29, 0.717) is 56.3 Å². The SMILES string of the molecule is O=C(COC(=O)C1CCN(C(=O)c2ccco2)CC1)Nc1ccc2c(c1)OCCO2. The third-order valence-electron chi connectivity index (χ3n) is 5.02. The van der Waals surface area contributed by atoms with Crippen LogP contribution in [0.4, 0.5) is 5.69 Å². The number of carbonyl (C=O) groups excluding carboxylic acids is 3. The maximum absolute atomic E-state index is 12.3. The fraction of sp³-hybridized carbons (Fsp3) is 0.381. The predicted molar refractivity (Wildman–Crippen MR) is 104 cm³/mol. The van der Waals surface area contributed by atoms with E-state index in [2.05, 4.69) is 5.32 Å². The molecule has 0 spiro atoms. The molecule has 1 aromatic heterocycles. The summed E-state index contributed by atoms with van der Waals surface area (Å²) in [4.78, 5) is 38.3. The maximum Gasteiger partial charge on any atom is 0.309 e. The first-order valence-electron chi connectivity index (χ1n) is 9.79. The molecule has 1 N–H and O–H groups in total. The van der Waals surface area contributed by atoms with Crippen molar-refractivity contribution in [3.8, 4) is 11.5 Å². The molecule has 2 amide bonds. The highest BCUT2D eigenvalue weighted by molar-refractivity contribution is 5.93. The Morgan fingerprint density at radius 2 is 1.83 bits per heavy atom. The molecule has 0 saturated carbocycles. The second-order valence-electron chi connectivity index (χ2n) is 7.06. The van der Waals surface area contributed by atoms with Crippen LogP contribution in [0.25, 0.3) is 0 Å². The van der Waals surface area contributed by atoms with Gasteiger partial charge in [-0.3, -0.25) is 14.4 Å². The first-order chi connectivity index (χ1) is 14.6. The number of nitrogens with zero attached hydrogens (tertiary/aromatic N) is 1. The number of likely N-dealkylation sites (tertiary alicyclic amines) is 1. The molecule has 158 valence electrons. The molecule has 0 unspecified atom stereocenters. The minimum Gasteiger partial charge on any atom is -0.486 e. The molecule has 3 heterocycles. The lowest BCUT2D eigenvalue weighted by atomic mass is 9.97. The number of furan rings is 1. The summed E-state index contributed by atoms with van der Waals surface area (Å²) in [6.45, 7) is 1.43. The third kappa shape index (κ3) is 4.56. The van der Waals surface area contributed by atoms with Crippen LogP contribution in [0, 0.1) is 5.92 Å². The molecule has 1 fully saturated rings. The van der Waals surface area contributed by atoms with Crippen LogP contribution in [-0.4, -0.2) is 55.6 Å². The summed E-state index contributed by atoms with van der Waals surface area (Å²) in [6.07, 6.45) is 2.41. The highest BCUT2D eigenvalue weighted by Gasteiger charge is 2.30. The van der Waals surface area contributed by atoms with Gasteiger partial charge in [-0.15, -0.1) is 0 Å².